The van der Waals surface area contributed by atoms with Crippen LogP contribution in [0, 0.1) is 0 Å². The summed E-state index contributed by atoms with van der Waals surface area (Å²) in [5.74, 6) is 0. The van der Waals surface area contributed by atoms with Crippen molar-refractivity contribution in [2.75, 3.05) is 25.6 Å². The third-order valence-electron chi connectivity index (χ3n) is 3.23. The van der Waals surface area contributed by atoms with Gasteiger partial charge in [0.1, 0.15) is 0 Å². The van der Waals surface area contributed by atoms with Gasteiger partial charge in [-0.25, -0.2) is 0 Å². The maximum absolute atomic E-state index is 5.69. The number of hydrogen-bond acceptors (Lipinski definition) is 2. The number of benzene rings is 1. The minimum Gasteiger partial charge on any atom is -0.377 e. The van der Waals surface area contributed by atoms with E-state index >= 15 is 0 Å². The molecule has 0 amide bonds. The fraction of sp³-hybridized carbons (Fsp3) is 0.353. The van der Waals surface area contributed by atoms with Crippen LogP contribution in [0.25, 0.3) is 0 Å². The van der Waals surface area contributed by atoms with Crippen molar-refractivity contribution in [3.05, 3.63) is 60.4 Å². The van der Waals surface area contributed by atoms with Crippen LogP contribution in [0.15, 0.2) is 54.9 Å². The van der Waals surface area contributed by atoms with Crippen molar-refractivity contribution in [3.63, 3.8) is 0 Å². The van der Waals surface area contributed by atoms with Gasteiger partial charge in [-0.15, -0.1) is 0 Å². The van der Waals surface area contributed by atoms with Crippen molar-refractivity contribution in [2.45, 2.75) is 19.6 Å². The predicted molar refractivity (Wildman–Crippen MR) is 81.7 cm³/mol. The Morgan fingerprint density at radius 1 is 1.00 bits per heavy atom. The Morgan fingerprint density at radius 3 is 2.35 bits per heavy atom. The summed E-state index contributed by atoms with van der Waals surface area (Å²) in [5.41, 5.74) is 2.57. The molecular formula is C17H23N2O+. The zero-order valence-electron chi connectivity index (χ0n) is 12.3. The highest BCUT2D eigenvalue weighted by Gasteiger charge is 2.01. The molecule has 0 saturated heterocycles. The smallest absolute Gasteiger partial charge is 0.252 e. The van der Waals surface area contributed by atoms with E-state index in [0.29, 0.717) is 6.73 Å². The number of hydrogen-bond donors (Lipinski definition) is 0. The van der Waals surface area contributed by atoms with E-state index in [-0.39, 0.29) is 0 Å². The van der Waals surface area contributed by atoms with Crippen LogP contribution in [0.1, 0.15) is 12.0 Å². The lowest BCUT2D eigenvalue weighted by atomic mass is 10.1. The van der Waals surface area contributed by atoms with E-state index in [2.05, 4.69) is 45.9 Å². The molecule has 0 aliphatic heterocycles. The van der Waals surface area contributed by atoms with E-state index in [1.165, 1.54) is 11.3 Å². The van der Waals surface area contributed by atoms with E-state index in [1.807, 2.05) is 32.6 Å². The van der Waals surface area contributed by atoms with Crippen LogP contribution in [0.3, 0.4) is 0 Å². The monoisotopic (exact) mass is 271 g/mol. The van der Waals surface area contributed by atoms with Gasteiger partial charge in [0.15, 0.2) is 12.4 Å². The molecule has 0 fully saturated rings. The molecule has 0 unspecified atom stereocenters. The fourth-order valence-electron chi connectivity index (χ4n) is 2.03. The molecule has 1 aromatic heterocycles. The lowest BCUT2D eigenvalue weighted by molar-refractivity contribution is -0.732. The molecule has 0 aliphatic rings. The summed E-state index contributed by atoms with van der Waals surface area (Å²) in [6.07, 6.45) is 6.23. The van der Waals surface area contributed by atoms with Gasteiger partial charge in [0.05, 0.1) is 6.61 Å². The molecular weight excluding hydrogens is 248 g/mol. The minimum absolute atomic E-state index is 0.614. The van der Waals surface area contributed by atoms with Crippen LogP contribution in [0.4, 0.5) is 5.69 Å². The van der Waals surface area contributed by atoms with Crippen LogP contribution in [-0.2, 0) is 17.9 Å². The number of aromatic nitrogens is 1. The van der Waals surface area contributed by atoms with E-state index < -0.39 is 0 Å². The zero-order valence-corrected chi connectivity index (χ0v) is 12.3. The number of ether oxygens (including phenoxy) is 1. The summed E-state index contributed by atoms with van der Waals surface area (Å²) in [6, 6.07) is 14.7. The lowest BCUT2D eigenvalue weighted by Gasteiger charge is -2.10. The van der Waals surface area contributed by atoms with Crippen LogP contribution >= 0.6 is 0 Å². The van der Waals surface area contributed by atoms with Crippen molar-refractivity contribution in [1.29, 1.82) is 0 Å². The van der Waals surface area contributed by atoms with Gasteiger partial charge in [-0.05, 0) is 18.4 Å². The highest BCUT2D eigenvalue weighted by Crippen LogP contribution is 2.06. The molecule has 2 rings (SSSR count). The fourth-order valence-corrected chi connectivity index (χ4v) is 2.03. The molecule has 2 aromatic rings. The highest BCUT2D eigenvalue weighted by atomic mass is 16.5. The van der Waals surface area contributed by atoms with Gasteiger partial charge < -0.3 is 9.64 Å². The van der Waals surface area contributed by atoms with Gasteiger partial charge in [-0.2, -0.15) is 4.57 Å². The highest BCUT2D eigenvalue weighted by molar-refractivity contribution is 5.41. The van der Waals surface area contributed by atoms with Gasteiger partial charge in [-0.1, -0.05) is 30.3 Å². The van der Waals surface area contributed by atoms with Crippen molar-refractivity contribution >= 4 is 5.69 Å². The number of aryl methyl sites for hydroxylation is 1. The second kappa shape index (κ2) is 7.65. The first-order valence-corrected chi connectivity index (χ1v) is 7.04. The lowest BCUT2D eigenvalue weighted by Crippen LogP contribution is -2.34. The first-order chi connectivity index (χ1) is 9.75. The van der Waals surface area contributed by atoms with Gasteiger partial charge in [0, 0.05) is 31.9 Å². The van der Waals surface area contributed by atoms with Gasteiger partial charge in [-0.3, -0.25) is 0 Å². The minimum atomic E-state index is 0.614. The van der Waals surface area contributed by atoms with Crippen LogP contribution in [-0.4, -0.2) is 20.7 Å². The van der Waals surface area contributed by atoms with Crippen molar-refractivity contribution in [2.24, 2.45) is 0 Å². The number of nitrogens with zero attached hydrogens (tertiary/aromatic N) is 2. The molecule has 106 valence electrons. The SMILES string of the molecule is CN(C)c1cc[n+](COCCCc2ccccc2)cc1. The van der Waals surface area contributed by atoms with Crippen molar-refractivity contribution in [1.82, 2.24) is 0 Å². The van der Waals surface area contributed by atoms with E-state index in [0.717, 1.165) is 19.4 Å². The van der Waals surface area contributed by atoms with Crippen molar-refractivity contribution in [3.8, 4) is 0 Å². The molecule has 0 aliphatic carbocycles. The average Bonchev–Trinajstić information content (AvgIpc) is 2.48. The normalized spacial score (nSPS) is 10.5. The largest absolute Gasteiger partial charge is 0.377 e. The number of rotatable bonds is 7. The van der Waals surface area contributed by atoms with Gasteiger partial charge in [0.25, 0.3) is 6.73 Å². The van der Waals surface area contributed by atoms with E-state index in [1.54, 1.807) is 0 Å². The molecule has 20 heavy (non-hydrogen) atoms. The third-order valence-corrected chi connectivity index (χ3v) is 3.23. The molecule has 0 atom stereocenters. The molecule has 0 radical (unpaired) electrons. The van der Waals surface area contributed by atoms with Crippen LogP contribution < -0.4 is 9.47 Å². The molecule has 1 aromatic carbocycles. The van der Waals surface area contributed by atoms with Gasteiger partial charge in [0.2, 0.25) is 0 Å². The molecule has 3 heteroatoms. The van der Waals surface area contributed by atoms with Gasteiger partial charge >= 0.3 is 0 Å². The first-order valence-electron chi connectivity index (χ1n) is 7.04. The number of pyridine rings is 1. The first kappa shape index (κ1) is 14.5. The molecule has 1 heterocycles. The second-order valence-corrected chi connectivity index (χ2v) is 5.09. The average molecular weight is 271 g/mol. The predicted octanol–water partition coefficient (Wildman–Crippen LogP) is 2.65. The summed E-state index contributed by atoms with van der Waals surface area (Å²) >= 11 is 0. The molecule has 0 bridgehead atoms. The van der Waals surface area contributed by atoms with Crippen LogP contribution in [0.5, 0.6) is 0 Å². The Morgan fingerprint density at radius 2 is 1.70 bits per heavy atom. The third kappa shape index (κ3) is 4.67. The topological polar surface area (TPSA) is 16.4 Å². The molecule has 3 nitrogen and oxygen atoms in total. The zero-order chi connectivity index (χ0) is 14.2. The standard InChI is InChI=1S/C17H23N2O/c1-18(2)17-10-12-19(13-11-17)15-20-14-6-9-16-7-4-3-5-8-16/h3-5,7-8,10-13H,6,9,14-15H2,1-2H3/q+1. The molecule has 0 spiro atoms. The van der Waals surface area contributed by atoms with Crippen LogP contribution in [0.2, 0.25) is 0 Å². The Kier molecular flexibility index (Phi) is 5.56. The summed E-state index contributed by atoms with van der Waals surface area (Å²) in [6.45, 7) is 1.40. The van der Waals surface area contributed by atoms with Crippen molar-refractivity contribution < 1.29 is 9.30 Å². The quantitative estimate of drug-likeness (QED) is 0.568. The maximum atomic E-state index is 5.69. The summed E-state index contributed by atoms with van der Waals surface area (Å²) in [4.78, 5) is 2.09. The Hall–Kier alpha value is -1.87. The summed E-state index contributed by atoms with van der Waals surface area (Å²) in [7, 11) is 4.08. The summed E-state index contributed by atoms with van der Waals surface area (Å²) in [5, 5.41) is 0. The Balaban J connectivity index is 1.66. The number of anilines is 1. The Labute approximate surface area is 121 Å². The molecule has 0 saturated carbocycles. The van der Waals surface area contributed by atoms with E-state index in [4.69, 9.17) is 4.74 Å². The van der Waals surface area contributed by atoms with E-state index in [9.17, 15) is 0 Å². The Bertz CT molecular complexity index is 494. The maximum Gasteiger partial charge on any atom is 0.252 e. The molecule has 0 N–H and O–H groups in total. The second-order valence-electron chi connectivity index (χ2n) is 5.09. The summed E-state index contributed by atoms with van der Waals surface area (Å²) < 4.78 is 7.74.